The van der Waals surface area contributed by atoms with Gasteiger partial charge >= 0.3 is 0 Å². The lowest BCUT2D eigenvalue weighted by molar-refractivity contribution is -0.122. The minimum Gasteiger partial charge on any atom is -0.355 e. The first kappa shape index (κ1) is 21.0. The number of thioether (sulfide) groups is 1. The van der Waals surface area contributed by atoms with Gasteiger partial charge in [0.2, 0.25) is 15.9 Å². The van der Waals surface area contributed by atoms with Crippen molar-refractivity contribution in [2.24, 2.45) is 5.73 Å². The van der Waals surface area contributed by atoms with Gasteiger partial charge in [-0.1, -0.05) is 17.7 Å². The van der Waals surface area contributed by atoms with Gasteiger partial charge in [0, 0.05) is 12.6 Å². The third-order valence-corrected chi connectivity index (χ3v) is 5.59. The van der Waals surface area contributed by atoms with E-state index in [1.54, 1.807) is 23.9 Å². The number of carbonyl (C=O) groups is 1. The number of nitrogens with two attached hydrogens (primary N) is 1. The number of sulfonamides is 1. The Labute approximate surface area is 149 Å². The minimum absolute atomic E-state index is 0.0146. The molecule has 0 aliphatic heterocycles. The van der Waals surface area contributed by atoms with Crippen LogP contribution in [0.15, 0.2) is 29.2 Å². The van der Waals surface area contributed by atoms with Crippen LogP contribution in [0.5, 0.6) is 0 Å². The van der Waals surface area contributed by atoms with Crippen LogP contribution in [-0.4, -0.2) is 45.0 Å². The highest BCUT2D eigenvalue weighted by Gasteiger charge is 2.25. The Kier molecular flexibility index (Phi) is 8.75. The summed E-state index contributed by atoms with van der Waals surface area (Å²) in [6.45, 7) is 4.17. The van der Waals surface area contributed by atoms with Gasteiger partial charge in [-0.15, -0.1) is 0 Å². The van der Waals surface area contributed by atoms with Crippen LogP contribution in [0.3, 0.4) is 0 Å². The van der Waals surface area contributed by atoms with E-state index >= 15 is 0 Å². The second-order valence-electron chi connectivity index (χ2n) is 5.83. The molecular weight excluding hydrogens is 346 g/mol. The summed E-state index contributed by atoms with van der Waals surface area (Å²) >= 11 is 1.57. The van der Waals surface area contributed by atoms with Crippen LogP contribution >= 0.6 is 11.8 Å². The number of rotatable bonds is 10. The topological polar surface area (TPSA) is 101 Å². The van der Waals surface area contributed by atoms with E-state index in [1.165, 1.54) is 12.1 Å². The number of amides is 1. The lowest BCUT2D eigenvalue weighted by atomic mass is 10.2. The maximum Gasteiger partial charge on any atom is 0.241 e. The van der Waals surface area contributed by atoms with Crippen LogP contribution in [0.1, 0.15) is 25.3 Å². The Morgan fingerprint density at radius 3 is 2.42 bits per heavy atom. The van der Waals surface area contributed by atoms with E-state index in [-0.39, 0.29) is 16.8 Å². The first-order chi connectivity index (χ1) is 11.3. The molecule has 0 radical (unpaired) electrons. The number of hydrogen-bond acceptors (Lipinski definition) is 5. The smallest absolute Gasteiger partial charge is 0.241 e. The molecule has 0 spiro atoms. The molecule has 2 unspecified atom stereocenters. The van der Waals surface area contributed by atoms with Crippen molar-refractivity contribution >= 4 is 27.7 Å². The third kappa shape index (κ3) is 7.21. The molecule has 1 aromatic rings. The molecule has 0 saturated carbocycles. The Balaban J connectivity index is 2.80. The summed E-state index contributed by atoms with van der Waals surface area (Å²) in [6, 6.07) is 5.73. The van der Waals surface area contributed by atoms with Crippen LogP contribution in [-0.2, 0) is 14.8 Å². The van der Waals surface area contributed by atoms with E-state index in [4.69, 9.17) is 5.73 Å². The zero-order valence-corrected chi connectivity index (χ0v) is 16.0. The second-order valence-corrected chi connectivity index (χ2v) is 8.52. The molecule has 0 saturated heterocycles. The van der Waals surface area contributed by atoms with Gasteiger partial charge in [0.1, 0.15) is 6.04 Å². The van der Waals surface area contributed by atoms with Crippen molar-refractivity contribution < 1.29 is 13.2 Å². The van der Waals surface area contributed by atoms with Crippen molar-refractivity contribution in [3.63, 3.8) is 0 Å². The largest absolute Gasteiger partial charge is 0.355 e. The maximum absolute atomic E-state index is 12.5. The fourth-order valence-corrected chi connectivity index (χ4v) is 3.70. The van der Waals surface area contributed by atoms with Gasteiger partial charge in [-0.05, 0) is 50.8 Å². The summed E-state index contributed by atoms with van der Waals surface area (Å²) in [4.78, 5) is 12.5. The normalized spacial score (nSPS) is 14.2. The molecule has 0 aliphatic rings. The summed E-state index contributed by atoms with van der Waals surface area (Å²) in [7, 11) is -3.74. The maximum atomic E-state index is 12.5. The van der Waals surface area contributed by atoms with E-state index in [0.29, 0.717) is 25.1 Å². The number of hydrogen-bond donors (Lipinski definition) is 3. The quantitative estimate of drug-likeness (QED) is 0.573. The molecule has 2 atom stereocenters. The molecule has 0 aromatic heterocycles. The highest BCUT2D eigenvalue weighted by Crippen LogP contribution is 2.12. The lowest BCUT2D eigenvalue weighted by Gasteiger charge is -2.18. The van der Waals surface area contributed by atoms with Crippen molar-refractivity contribution in [3.8, 4) is 0 Å². The van der Waals surface area contributed by atoms with Gasteiger partial charge in [-0.3, -0.25) is 4.79 Å². The van der Waals surface area contributed by atoms with Crippen molar-refractivity contribution in [2.75, 3.05) is 18.6 Å². The Bertz CT molecular complexity index is 616. The molecule has 0 heterocycles. The molecule has 8 heteroatoms. The fourth-order valence-electron chi connectivity index (χ4n) is 2.00. The fraction of sp³-hybridized carbons (Fsp3) is 0.562. The zero-order chi connectivity index (χ0) is 18.2. The average Bonchev–Trinajstić information content (AvgIpc) is 2.51. The van der Waals surface area contributed by atoms with Crippen molar-refractivity contribution in [1.29, 1.82) is 0 Å². The van der Waals surface area contributed by atoms with Gasteiger partial charge in [0.25, 0.3) is 0 Å². The van der Waals surface area contributed by atoms with Crippen molar-refractivity contribution in [1.82, 2.24) is 10.0 Å². The van der Waals surface area contributed by atoms with E-state index in [1.807, 2.05) is 20.1 Å². The summed E-state index contributed by atoms with van der Waals surface area (Å²) in [5, 5.41) is 2.75. The van der Waals surface area contributed by atoms with Crippen LogP contribution in [0.4, 0.5) is 0 Å². The lowest BCUT2D eigenvalue weighted by Crippen LogP contribution is -2.47. The Morgan fingerprint density at radius 2 is 1.88 bits per heavy atom. The number of aryl methyl sites for hydroxylation is 1. The van der Waals surface area contributed by atoms with E-state index in [9.17, 15) is 13.2 Å². The van der Waals surface area contributed by atoms with E-state index in [0.717, 1.165) is 5.56 Å². The molecule has 1 rings (SSSR count). The number of benzene rings is 1. The van der Waals surface area contributed by atoms with Crippen LogP contribution in [0.25, 0.3) is 0 Å². The van der Waals surface area contributed by atoms with Gasteiger partial charge in [0.05, 0.1) is 4.90 Å². The van der Waals surface area contributed by atoms with Crippen LogP contribution in [0.2, 0.25) is 0 Å². The molecule has 1 amide bonds. The van der Waals surface area contributed by atoms with Gasteiger partial charge < -0.3 is 11.1 Å². The monoisotopic (exact) mass is 373 g/mol. The molecule has 24 heavy (non-hydrogen) atoms. The number of carbonyl (C=O) groups excluding carboxylic acids is 1. The van der Waals surface area contributed by atoms with E-state index < -0.39 is 16.1 Å². The Hall–Kier alpha value is -1.09. The first-order valence-electron chi connectivity index (χ1n) is 7.87. The summed E-state index contributed by atoms with van der Waals surface area (Å²) < 4.78 is 27.5. The van der Waals surface area contributed by atoms with Crippen molar-refractivity contribution in [2.45, 2.75) is 43.7 Å². The highest BCUT2D eigenvalue weighted by molar-refractivity contribution is 7.98. The molecule has 0 fully saturated rings. The highest BCUT2D eigenvalue weighted by atomic mass is 32.2. The molecule has 0 aliphatic carbocycles. The van der Waals surface area contributed by atoms with Gasteiger partial charge in [-0.25, -0.2) is 8.42 Å². The molecule has 136 valence electrons. The SMILES string of the molecule is CSCCC(NS(=O)(=O)c1ccc(C)cc1)C(=O)NCCC(C)N. The predicted molar refractivity (Wildman–Crippen MR) is 99.6 cm³/mol. The first-order valence-corrected chi connectivity index (χ1v) is 10.7. The molecule has 0 bridgehead atoms. The predicted octanol–water partition coefficient (Wildman–Crippen LogP) is 1.25. The minimum atomic E-state index is -3.74. The molecule has 4 N–H and O–H groups in total. The second kappa shape index (κ2) is 10.0. The summed E-state index contributed by atoms with van der Waals surface area (Å²) in [5.41, 5.74) is 6.63. The Morgan fingerprint density at radius 1 is 1.25 bits per heavy atom. The summed E-state index contributed by atoms with van der Waals surface area (Å²) in [5.74, 6) is 0.363. The number of nitrogens with one attached hydrogen (secondary N) is 2. The van der Waals surface area contributed by atoms with Crippen LogP contribution in [0, 0.1) is 6.92 Å². The van der Waals surface area contributed by atoms with Crippen molar-refractivity contribution in [3.05, 3.63) is 29.8 Å². The average molecular weight is 374 g/mol. The standard InChI is InChI=1S/C16H27N3O3S2/c1-12-4-6-14(7-5-12)24(21,22)19-15(9-11-23-3)16(20)18-10-8-13(2)17/h4-7,13,15,19H,8-11,17H2,1-3H3,(H,18,20). The van der Waals surface area contributed by atoms with Gasteiger partial charge in [-0.2, -0.15) is 16.5 Å². The van der Waals surface area contributed by atoms with Gasteiger partial charge in [0.15, 0.2) is 0 Å². The van der Waals surface area contributed by atoms with Crippen LogP contribution < -0.4 is 15.8 Å². The third-order valence-electron chi connectivity index (χ3n) is 3.45. The molecule has 6 nitrogen and oxygen atoms in total. The molecular formula is C16H27N3O3S2. The van der Waals surface area contributed by atoms with E-state index in [2.05, 4.69) is 10.0 Å². The summed E-state index contributed by atoms with van der Waals surface area (Å²) in [6.07, 6.45) is 2.99. The zero-order valence-electron chi connectivity index (χ0n) is 14.4. The molecule has 1 aromatic carbocycles.